The van der Waals surface area contributed by atoms with Gasteiger partial charge in [-0.1, -0.05) is 17.7 Å². The van der Waals surface area contributed by atoms with Crippen LogP contribution < -0.4 is 5.32 Å². The highest BCUT2D eigenvalue weighted by Crippen LogP contribution is 2.22. The number of carbonyl (C=O) groups excluding carboxylic acids is 1. The molecule has 0 spiro atoms. The Kier molecular flexibility index (Phi) is 4.12. The zero-order valence-corrected chi connectivity index (χ0v) is 10.4. The number of nitrogens with one attached hydrogen (secondary N) is 1. The summed E-state index contributed by atoms with van der Waals surface area (Å²) in [6.45, 7) is 0.477. The number of aromatic nitrogens is 1. The van der Waals surface area contributed by atoms with Crippen LogP contribution in [0.25, 0.3) is 10.9 Å². The van der Waals surface area contributed by atoms with E-state index in [2.05, 4.69) is 10.3 Å². The molecule has 2 aromatic rings. The standard InChI is InChI=1S/C13H13ClN2O2/c14-10-7-9-3-1-4-15-12(9)11(8-10)13(18)16-5-2-6-17/h1,3-4,7-8,17H,2,5-6H2,(H,16,18). The van der Waals surface area contributed by atoms with Crippen molar-refractivity contribution in [3.8, 4) is 0 Å². The first-order valence-electron chi connectivity index (χ1n) is 5.65. The Morgan fingerprint density at radius 3 is 3.06 bits per heavy atom. The van der Waals surface area contributed by atoms with Crippen LogP contribution in [-0.2, 0) is 0 Å². The van der Waals surface area contributed by atoms with Crippen LogP contribution in [0, 0.1) is 0 Å². The van der Waals surface area contributed by atoms with Crippen molar-refractivity contribution in [1.82, 2.24) is 10.3 Å². The largest absolute Gasteiger partial charge is 0.396 e. The lowest BCUT2D eigenvalue weighted by Crippen LogP contribution is -2.25. The van der Waals surface area contributed by atoms with Crippen molar-refractivity contribution in [3.63, 3.8) is 0 Å². The van der Waals surface area contributed by atoms with Crippen LogP contribution in [0.4, 0.5) is 0 Å². The monoisotopic (exact) mass is 264 g/mol. The van der Waals surface area contributed by atoms with Crippen molar-refractivity contribution >= 4 is 28.4 Å². The maximum absolute atomic E-state index is 12.0. The minimum atomic E-state index is -0.227. The Morgan fingerprint density at radius 1 is 1.44 bits per heavy atom. The molecule has 1 aromatic carbocycles. The summed E-state index contributed by atoms with van der Waals surface area (Å²) in [6.07, 6.45) is 2.17. The molecular formula is C13H13ClN2O2. The van der Waals surface area contributed by atoms with Crippen molar-refractivity contribution in [2.75, 3.05) is 13.2 Å². The van der Waals surface area contributed by atoms with Crippen molar-refractivity contribution in [1.29, 1.82) is 0 Å². The molecular weight excluding hydrogens is 252 g/mol. The molecule has 4 nitrogen and oxygen atoms in total. The number of aliphatic hydroxyl groups excluding tert-OH is 1. The van der Waals surface area contributed by atoms with E-state index in [0.717, 1.165) is 5.39 Å². The van der Waals surface area contributed by atoms with E-state index in [-0.39, 0.29) is 12.5 Å². The Balaban J connectivity index is 2.34. The third-order valence-corrected chi connectivity index (χ3v) is 2.75. The van der Waals surface area contributed by atoms with Gasteiger partial charge in [0.1, 0.15) is 0 Å². The first-order chi connectivity index (χ1) is 8.72. The minimum Gasteiger partial charge on any atom is -0.396 e. The highest BCUT2D eigenvalue weighted by Gasteiger charge is 2.11. The highest BCUT2D eigenvalue weighted by molar-refractivity contribution is 6.32. The molecule has 0 aliphatic heterocycles. The van der Waals surface area contributed by atoms with E-state index in [0.29, 0.717) is 29.1 Å². The van der Waals surface area contributed by atoms with Gasteiger partial charge in [-0.25, -0.2) is 0 Å². The Bertz CT molecular complexity index is 572. The van der Waals surface area contributed by atoms with Crippen LogP contribution in [0.15, 0.2) is 30.5 Å². The second-order valence-electron chi connectivity index (χ2n) is 3.86. The number of hydrogen-bond acceptors (Lipinski definition) is 3. The quantitative estimate of drug-likeness (QED) is 0.831. The fraction of sp³-hybridized carbons (Fsp3) is 0.231. The van der Waals surface area contributed by atoms with Gasteiger partial charge < -0.3 is 10.4 Å². The SMILES string of the molecule is O=C(NCCCO)c1cc(Cl)cc2cccnc12. The maximum atomic E-state index is 12.0. The van der Waals surface area contributed by atoms with Gasteiger partial charge in [-0.3, -0.25) is 9.78 Å². The number of benzene rings is 1. The molecule has 94 valence electrons. The van der Waals surface area contributed by atoms with Gasteiger partial charge in [-0.2, -0.15) is 0 Å². The zero-order chi connectivity index (χ0) is 13.0. The summed E-state index contributed by atoms with van der Waals surface area (Å²) < 4.78 is 0. The molecule has 0 fully saturated rings. The molecule has 0 aliphatic carbocycles. The maximum Gasteiger partial charge on any atom is 0.253 e. The van der Waals surface area contributed by atoms with E-state index in [1.807, 2.05) is 6.07 Å². The Labute approximate surface area is 110 Å². The summed E-state index contributed by atoms with van der Waals surface area (Å²) >= 11 is 5.98. The number of aliphatic hydroxyl groups is 1. The van der Waals surface area contributed by atoms with Crippen molar-refractivity contribution in [2.45, 2.75) is 6.42 Å². The van der Waals surface area contributed by atoms with E-state index in [1.165, 1.54) is 0 Å². The van der Waals surface area contributed by atoms with Crippen molar-refractivity contribution in [3.05, 3.63) is 41.0 Å². The summed E-state index contributed by atoms with van der Waals surface area (Å²) in [7, 11) is 0. The molecule has 0 unspecified atom stereocenters. The van der Waals surface area contributed by atoms with Crippen LogP contribution in [0.5, 0.6) is 0 Å². The van der Waals surface area contributed by atoms with E-state index >= 15 is 0 Å². The van der Waals surface area contributed by atoms with Crippen molar-refractivity contribution in [2.24, 2.45) is 0 Å². The molecule has 1 heterocycles. The van der Waals surface area contributed by atoms with Crippen molar-refractivity contribution < 1.29 is 9.90 Å². The molecule has 0 aliphatic rings. The Hall–Kier alpha value is -1.65. The predicted molar refractivity (Wildman–Crippen MR) is 70.8 cm³/mol. The molecule has 5 heteroatoms. The second kappa shape index (κ2) is 5.80. The van der Waals surface area contributed by atoms with Crippen LogP contribution in [0.1, 0.15) is 16.8 Å². The zero-order valence-electron chi connectivity index (χ0n) is 9.69. The molecule has 2 N–H and O–H groups in total. The van der Waals surface area contributed by atoms with Gasteiger partial charge in [-0.15, -0.1) is 0 Å². The summed E-state index contributed by atoms with van der Waals surface area (Å²) in [5.74, 6) is -0.227. The number of amides is 1. The van der Waals surface area contributed by atoms with Crippen LogP contribution >= 0.6 is 11.6 Å². The van der Waals surface area contributed by atoms with Gasteiger partial charge in [0.15, 0.2) is 0 Å². The normalized spacial score (nSPS) is 10.6. The molecule has 0 radical (unpaired) electrons. The van der Waals surface area contributed by atoms with Gasteiger partial charge in [-0.05, 0) is 24.6 Å². The van der Waals surface area contributed by atoms with Crippen LogP contribution in [0.3, 0.4) is 0 Å². The summed E-state index contributed by atoms with van der Waals surface area (Å²) in [4.78, 5) is 16.2. The number of pyridine rings is 1. The van der Waals surface area contributed by atoms with E-state index in [1.54, 1.807) is 24.4 Å². The fourth-order valence-electron chi connectivity index (χ4n) is 1.71. The van der Waals surface area contributed by atoms with Gasteiger partial charge in [0, 0.05) is 29.8 Å². The number of carbonyl (C=O) groups is 1. The molecule has 1 aromatic heterocycles. The van der Waals surface area contributed by atoms with Gasteiger partial charge >= 0.3 is 0 Å². The predicted octanol–water partition coefficient (Wildman–Crippen LogP) is 2.00. The van der Waals surface area contributed by atoms with Crippen LogP contribution in [-0.4, -0.2) is 29.1 Å². The average Bonchev–Trinajstić information content (AvgIpc) is 2.38. The fourth-order valence-corrected chi connectivity index (χ4v) is 1.93. The van der Waals surface area contributed by atoms with E-state index < -0.39 is 0 Å². The molecule has 0 saturated heterocycles. The number of hydrogen-bond donors (Lipinski definition) is 2. The molecule has 2 rings (SSSR count). The van der Waals surface area contributed by atoms with Crippen LogP contribution in [0.2, 0.25) is 5.02 Å². The third kappa shape index (κ3) is 2.78. The van der Waals surface area contributed by atoms with Gasteiger partial charge in [0.2, 0.25) is 0 Å². The first-order valence-corrected chi connectivity index (χ1v) is 6.03. The van der Waals surface area contributed by atoms with E-state index in [4.69, 9.17) is 16.7 Å². The minimum absolute atomic E-state index is 0.0504. The summed E-state index contributed by atoms with van der Waals surface area (Å²) in [5.41, 5.74) is 1.08. The molecule has 18 heavy (non-hydrogen) atoms. The number of nitrogens with zero attached hydrogens (tertiary/aromatic N) is 1. The average molecular weight is 265 g/mol. The van der Waals surface area contributed by atoms with Gasteiger partial charge in [0.05, 0.1) is 11.1 Å². The number of fused-ring (bicyclic) bond motifs is 1. The van der Waals surface area contributed by atoms with E-state index in [9.17, 15) is 4.79 Å². The highest BCUT2D eigenvalue weighted by atomic mass is 35.5. The molecule has 1 amide bonds. The second-order valence-corrected chi connectivity index (χ2v) is 4.30. The lowest BCUT2D eigenvalue weighted by Gasteiger charge is -2.07. The number of rotatable bonds is 4. The molecule has 0 bridgehead atoms. The van der Waals surface area contributed by atoms with Gasteiger partial charge in [0.25, 0.3) is 5.91 Å². The smallest absolute Gasteiger partial charge is 0.253 e. The topological polar surface area (TPSA) is 62.2 Å². The molecule has 0 saturated carbocycles. The third-order valence-electron chi connectivity index (χ3n) is 2.53. The molecule has 0 atom stereocenters. The Morgan fingerprint density at radius 2 is 2.28 bits per heavy atom. The lowest BCUT2D eigenvalue weighted by atomic mass is 10.1. The first kappa shape index (κ1) is 12.8. The summed E-state index contributed by atoms with van der Waals surface area (Å²) in [6, 6.07) is 7.03. The lowest BCUT2D eigenvalue weighted by molar-refractivity contribution is 0.0952. The number of halogens is 1. The summed E-state index contributed by atoms with van der Waals surface area (Å²) in [5, 5.41) is 12.7.